The summed E-state index contributed by atoms with van der Waals surface area (Å²) in [6.45, 7) is -1.32. The summed E-state index contributed by atoms with van der Waals surface area (Å²) in [7, 11) is -4.09. The molecule has 1 saturated heterocycles. The largest absolute Gasteiger partial charge is 0.569 e. The summed E-state index contributed by atoms with van der Waals surface area (Å²) in [6, 6.07) is -3.46. The van der Waals surface area contributed by atoms with Gasteiger partial charge in [0.15, 0.2) is 9.84 Å². The summed E-state index contributed by atoms with van der Waals surface area (Å²) in [6.07, 6.45) is 0.529. The van der Waals surface area contributed by atoms with E-state index in [-0.39, 0.29) is 18.0 Å². The molecule has 0 spiro atoms. The van der Waals surface area contributed by atoms with Crippen LogP contribution in [-0.2, 0) is 33.9 Å². The molecule has 2 amide bonds. The molecule has 0 bridgehead atoms. The van der Waals surface area contributed by atoms with Crippen LogP contribution >= 0.6 is 0 Å². The van der Waals surface area contributed by atoms with Crippen LogP contribution in [0.4, 0.5) is 0 Å². The Kier molecular flexibility index (Phi) is 12.1. The Balaban J connectivity index is 2.70. The summed E-state index contributed by atoms with van der Waals surface area (Å²) in [5.74, 6) is -6.35. The number of carbonyl (C=O) groups is 4. The number of nitrogens with zero attached hydrogens (tertiary/aromatic N) is 3. The first kappa shape index (κ1) is 29.8. The van der Waals surface area contributed by atoms with Crippen molar-refractivity contribution in [2.24, 2.45) is 11.0 Å². The fourth-order valence-electron chi connectivity index (χ4n) is 3.02. The Morgan fingerprint density at radius 3 is 2.57 bits per heavy atom. The van der Waals surface area contributed by atoms with Gasteiger partial charge >= 0.3 is 11.9 Å². The zero-order chi connectivity index (χ0) is 26.6. The number of aliphatic carboxylic acids is 2. The van der Waals surface area contributed by atoms with Crippen molar-refractivity contribution in [2.75, 3.05) is 37.8 Å². The fourth-order valence-corrected chi connectivity index (χ4v) is 4.25. The number of nitrogens with one attached hydrogen (secondary N) is 2. The van der Waals surface area contributed by atoms with Gasteiger partial charge in [0.25, 0.3) is 0 Å². The fraction of sp³-hybridized carbons (Fsp3) is 0.765. The predicted molar refractivity (Wildman–Crippen MR) is 115 cm³/mol. The predicted octanol–water partition coefficient (Wildman–Crippen LogP) is -3.46. The van der Waals surface area contributed by atoms with Crippen LogP contribution in [0.25, 0.3) is 0 Å². The molecule has 0 aromatic carbocycles. The van der Waals surface area contributed by atoms with Gasteiger partial charge in [0.05, 0.1) is 29.6 Å². The van der Waals surface area contributed by atoms with Crippen LogP contribution in [-0.4, -0.2) is 113 Å². The molecule has 1 fully saturated rings. The summed E-state index contributed by atoms with van der Waals surface area (Å²) < 4.78 is 24.8. The molecular formula is C17H30N6O11S. The molecule has 1 aliphatic rings. The van der Waals surface area contributed by atoms with Crippen molar-refractivity contribution in [2.45, 2.75) is 43.8 Å². The quantitative estimate of drug-likeness (QED) is 0.0495. The van der Waals surface area contributed by atoms with Gasteiger partial charge < -0.3 is 41.7 Å². The van der Waals surface area contributed by atoms with Gasteiger partial charge in [0, 0.05) is 6.42 Å². The highest BCUT2D eigenvalue weighted by molar-refractivity contribution is 7.91. The van der Waals surface area contributed by atoms with Crippen LogP contribution in [0.15, 0.2) is 5.28 Å². The van der Waals surface area contributed by atoms with Crippen LogP contribution in [0.3, 0.4) is 0 Å². The van der Waals surface area contributed by atoms with E-state index in [4.69, 9.17) is 20.8 Å². The van der Waals surface area contributed by atoms with Crippen molar-refractivity contribution >= 4 is 33.6 Å². The van der Waals surface area contributed by atoms with Crippen LogP contribution in [0, 0.1) is 5.21 Å². The molecule has 200 valence electrons. The van der Waals surface area contributed by atoms with Gasteiger partial charge in [0.1, 0.15) is 31.3 Å². The molecule has 0 aliphatic carbocycles. The van der Waals surface area contributed by atoms with Crippen molar-refractivity contribution in [1.29, 1.82) is 0 Å². The maximum Gasteiger partial charge on any atom is 0.322 e. The van der Waals surface area contributed by atoms with Crippen LogP contribution < -0.4 is 16.4 Å². The summed E-state index contributed by atoms with van der Waals surface area (Å²) in [4.78, 5) is 50.6. The Labute approximate surface area is 200 Å². The molecule has 35 heavy (non-hydrogen) atoms. The van der Waals surface area contributed by atoms with E-state index in [1.54, 1.807) is 0 Å². The zero-order valence-corrected chi connectivity index (χ0v) is 19.6. The molecule has 1 heterocycles. The molecule has 1 rings (SSSR count). The van der Waals surface area contributed by atoms with Crippen molar-refractivity contribution in [3.63, 3.8) is 0 Å². The van der Waals surface area contributed by atoms with Crippen LogP contribution in [0.5, 0.6) is 0 Å². The number of carbonyl (C=O) groups excluding carboxylic acids is 2. The molecule has 18 heteroatoms. The number of hydrogen-bond acceptors (Lipinski definition) is 11. The average Bonchev–Trinajstić information content (AvgIpc) is 3.26. The van der Waals surface area contributed by atoms with Gasteiger partial charge in [-0.25, -0.2) is 8.42 Å². The molecule has 1 unspecified atom stereocenters. The minimum absolute atomic E-state index is 0.116. The smallest absolute Gasteiger partial charge is 0.322 e. The third-order valence-corrected chi connectivity index (χ3v) is 6.51. The summed E-state index contributed by atoms with van der Waals surface area (Å²) in [5, 5.41) is 47.1. The van der Waals surface area contributed by atoms with E-state index in [1.807, 2.05) is 5.32 Å². The number of amides is 2. The van der Waals surface area contributed by atoms with E-state index in [0.717, 1.165) is 0 Å². The number of nitrogens with two attached hydrogens (primary N) is 1. The van der Waals surface area contributed by atoms with Gasteiger partial charge in [0.2, 0.25) is 17.1 Å². The highest BCUT2D eigenvalue weighted by Gasteiger charge is 2.31. The standard InChI is InChI=1S/C17H30N6O11S/c18-12(17(29)30)3-4-14(25)20-13(16(28)19-8-15(26)27)10-35(32,33)7-6-34-21-23(31)22-5-1-2-11(22)9-24/h11-13,24H,1-10,18H2,(H,19,28)(H,20,25)(H,26,27)(H,29,30)/b23-21-/t11?,12-,13-/m0/s1. The summed E-state index contributed by atoms with van der Waals surface area (Å²) >= 11 is 0. The third kappa shape index (κ3) is 11.1. The minimum atomic E-state index is -4.09. The van der Waals surface area contributed by atoms with E-state index in [2.05, 4.69) is 10.6 Å². The second-order valence-electron chi connectivity index (χ2n) is 7.64. The van der Waals surface area contributed by atoms with Crippen molar-refractivity contribution in [1.82, 2.24) is 15.6 Å². The van der Waals surface area contributed by atoms with Gasteiger partial charge in [-0.3, -0.25) is 19.2 Å². The minimum Gasteiger partial charge on any atom is -0.569 e. The zero-order valence-electron chi connectivity index (χ0n) is 18.7. The number of carboxylic acids is 2. The maximum absolute atomic E-state index is 12.4. The van der Waals surface area contributed by atoms with Gasteiger partial charge in [-0.1, -0.05) is 0 Å². The van der Waals surface area contributed by atoms with E-state index in [0.29, 0.717) is 19.4 Å². The Morgan fingerprint density at radius 2 is 1.97 bits per heavy atom. The van der Waals surface area contributed by atoms with E-state index in [9.17, 15) is 37.9 Å². The Hall–Kier alpha value is -3.25. The lowest BCUT2D eigenvalue weighted by Crippen LogP contribution is -2.51. The SMILES string of the molecule is N[C@@H](CCC(=O)N[C@@H](CS(=O)(=O)CCO/N=[N+](\[O-])N1CCCC1CO)C(=O)NCC(=O)O)C(=O)O. The number of sulfone groups is 1. The van der Waals surface area contributed by atoms with Gasteiger partial charge in [-0.05, 0) is 19.3 Å². The normalized spacial score (nSPS) is 17.9. The van der Waals surface area contributed by atoms with E-state index >= 15 is 0 Å². The van der Waals surface area contributed by atoms with Crippen LogP contribution in [0.1, 0.15) is 25.7 Å². The number of aliphatic hydroxyl groups is 1. The lowest BCUT2D eigenvalue weighted by molar-refractivity contribution is -0.714. The Morgan fingerprint density at radius 1 is 1.29 bits per heavy atom. The van der Waals surface area contributed by atoms with E-state index in [1.165, 1.54) is 5.01 Å². The number of carboxylic acid groups (broad SMARTS) is 2. The first-order valence-electron chi connectivity index (χ1n) is 10.5. The second-order valence-corrected chi connectivity index (χ2v) is 9.87. The molecule has 0 aromatic rings. The van der Waals surface area contributed by atoms with E-state index < -0.39 is 82.8 Å². The molecule has 17 nitrogen and oxygen atoms in total. The number of aliphatic hydroxyl groups excluding tert-OH is 1. The lowest BCUT2D eigenvalue weighted by atomic mass is 10.1. The first-order valence-corrected chi connectivity index (χ1v) is 12.3. The average molecular weight is 527 g/mol. The number of hydrazine groups is 1. The molecular weight excluding hydrogens is 496 g/mol. The van der Waals surface area contributed by atoms with Crippen molar-refractivity contribution in [3.8, 4) is 0 Å². The number of rotatable bonds is 16. The third-order valence-electron chi connectivity index (χ3n) is 4.88. The molecule has 1 aliphatic heterocycles. The highest BCUT2D eigenvalue weighted by Crippen LogP contribution is 2.16. The molecule has 0 saturated carbocycles. The topological polar surface area (TPSA) is 264 Å². The second kappa shape index (κ2) is 14.2. The van der Waals surface area contributed by atoms with Crippen LogP contribution in [0.2, 0.25) is 0 Å². The van der Waals surface area contributed by atoms with Crippen molar-refractivity contribution in [3.05, 3.63) is 5.21 Å². The Bertz CT molecular complexity index is 897. The highest BCUT2D eigenvalue weighted by atomic mass is 32.2. The van der Waals surface area contributed by atoms with Gasteiger partial charge in [-0.15, -0.1) is 5.01 Å². The molecule has 0 aromatic heterocycles. The molecule has 7 N–H and O–H groups in total. The first-order chi connectivity index (χ1) is 16.4. The maximum atomic E-state index is 12.4. The monoisotopic (exact) mass is 526 g/mol. The van der Waals surface area contributed by atoms with Gasteiger partial charge in [-0.2, -0.15) is 0 Å². The summed E-state index contributed by atoms with van der Waals surface area (Å²) in [5.41, 5.74) is 5.30. The molecule has 0 radical (unpaired) electrons. The van der Waals surface area contributed by atoms with Crippen molar-refractivity contribution < 1.29 is 52.7 Å². The molecule has 3 atom stereocenters. The number of hydrogen-bond donors (Lipinski definition) is 6. The lowest BCUT2D eigenvalue weighted by Gasteiger charge is -2.18.